The third kappa shape index (κ3) is 4.71. The third-order valence-corrected chi connectivity index (χ3v) is 7.25. The number of carbonyl (C=O) groups is 1. The van der Waals surface area contributed by atoms with Gasteiger partial charge in [0.1, 0.15) is 0 Å². The van der Waals surface area contributed by atoms with E-state index < -0.39 is 0 Å². The molecular weight excluding hydrogens is 472 g/mol. The van der Waals surface area contributed by atoms with Gasteiger partial charge in [0.25, 0.3) is 0 Å². The Morgan fingerprint density at radius 1 is 1.19 bits per heavy atom. The number of thiophene rings is 1. The van der Waals surface area contributed by atoms with Crippen LogP contribution in [0.5, 0.6) is 0 Å². The Balaban J connectivity index is 1.57. The molecule has 2 aromatic carbocycles. The number of hydrogen-bond donors (Lipinski definition) is 3. The highest BCUT2D eigenvalue weighted by Crippen LogP contribution is 2.39. The molecule has 0 unspecified atom stereocenters. The number of amides is 1. The van der Waals surface area contributed by atoms with E-state index in [2.05, 4.69) is 22.9 Å². The van der Waals surface area contributed by atoms with Crippen LogP contribution in [0, 0.1) is 5.41 Å². The highest BCUT2D eigenvalue weighted by atomic mass is 32.1. The van der Waals surface area contributed by atoms with E-state index >= 15 is 0 Å². The maximum absolute atomic E-state index is 11.5. The fraction of sp³-hybridized carbons (Fsp3) is 0.185. The van der Waals surface area contributed by atoms with E-state index in [1.807, 2.05) is 36.4 Å². The van der Waals surface area contributed by atoms with Gasteiger partial charge in [-0.3, -0.25) is 4.79 Å². The van der Waals surface area contributed by atoms with Crippen molar-refractivity contribution in [3.05, 3.63) is 72.3 Å². The van der Waals surface area contributed by atoms with Crippen LogP contribution in [0.4, 0.5) is 11.5 Å². The largest absolute Gasteiger partial charge is 0.398 e. The zero-order chi connectivity index (χ0) is 25.1. The van der Waals surface area contributed by atoms with Crippen LogP contribution in [-0.2, 0) is 16.1 Å². The highest BCUT2D eigenvalue weighted by Gasteiger charge is 2.21. The smallest absolute Gasteiger partial charge is 0.243 e. The van der Waals surface area contributed by atoms with E-state index in [1.165, 1.54) is 12.3 Å². The zero-order valence-corrected chi connectivity index (χ0v) is 20.5. The van der Waals surface area contributed by atoms with Gasteiger partial charge in [0.15, 0.2) is 11.6 Å². The minimum Gasteiger partial charge on any atom is -0.398 e. The molecule has 1 aliphatic rings. The van der Waals surface area contributed by atoms with Gasteiger partial charge in [0.2, 0.25) is 5.91 Å². The minimum atomic E-state index is -0.194. The van der Waals surface area contributed by atoms with Crippen molar-refractivity contribution in [3.8, 4) is 21.8 Å². The summed E-state index contributed by atoms with van der Waals surface area (Å²) >= 11 is 1.66. The Labute approximate surface area is 213 Å². The average Bonchev–Trinajstić information content (AvgIpc) is 3.36. The summed E-state index contributed by atoms with van der Waals surface area (Å²) in [7, 11) is 0. The van der Waals surface area contributed by atoms with Gasteiger partial charge in [0.05, 0.1) is 23.4 Å². The third-order valence-electron chi connectivity index (χ3n) is 6.08. The van der Waals surface area contributed by atoms with Crippen LogP contribution in [0.2, 0.25) is 0 Å². The number of anilines is 2. The number of hydrogen-bond acceptors (Lipinski definition) is 8. The summed E-state index contributed by atoms with van der Waals surface area (Å²) in [6.07, 6.45) is 2.52. The standard InChI is InChI=1S/C27H26N6O2S/c1-2-24(34)30-16-17-6-8-18(9-7-17)23-14-22-25(36-23)27(33-10-12-35-13-11-33)32-26(31-22)19-4-3-5-21(29)20(19)15-28/h2-9,14-15,28H,1,10-13,16,29H2,(H,30,34). The number of nitrogen functional groups attached to an aromatic ring is 1. The molecule has 0 bridgehead atoms. The molecule has 8 nitrogen and oxygen atoms in total. The summed E-state index contributed by atoms with van der Waals surface area (Å²) < 4.78 is 6.58. The van der Waals surface area contributed by atoms with Crippen molar-refractivity contribution in [2.75, 3.05) is 36.9 Å². The van der Waals surface area contributed by atoms with Crippen LogP contribution in [0.25, 0.3) is 32.0 Å². The normalized spacial score (nSPS) is 13.5. The quantitative estimate of drug-likeness (QED) is 0.199. The van der Waals surface area contributed by atoms with Gasteiger partial charge in [-0.15, -0.1) is 11.3 Å². The molecule has 5 rings (SSSR count). The van der Waals surface area contributed by atoms with Gasteiger partial charge < -0.3 is 26.1 Å². The molecule has 1 aliphatic heterocycles. The number of fused-ring (bicyclic) bond motifs is 1. The lowest BCUT2D eigenvalue weighted by molar-refractivity contribution is -0.116. The van der Waals surface area contributed by atoms with Crippen LogP contribution in [0.3, 0.4) is 0 Å². The van der Waals surface area contributed by atoms with Crippen molar-refractivity contribution in [2.24, 2.45) is 0 Å². The van der Waals surface area contributed by atoms with Crippen molar-refractivity contribution >= 4 is 45.2 Å². The van der Waals surface area contributed by atoms with E-state index in [1.54, 1.807) is 17.4 Å². The Kier molecular flexibility index (Phi) is 6.75. The molecule has 4 aromatic rings. The molecular formula is C27H26N6O2S. The number of nitrogens with one attached hydrogen (secondary N) is 2. The van der Waals surface area contributed by atoms with Gasteiger partial charge in [-0.05, 0) is 29.3 Å². The Hall–Kier alpha value is -4.08. The van der Waals surface area contributed by atoms with Gasteiger partial charge in [-0.1, -0.05) is 43.0 Å². The molecule has 36 heavy (non-hydrogen) atoms. The zero-order valence-electron chi connectivity index (χ0n) is 19.7. The van der Waals surface area contributed by atoms with Crippen LogP contribution in [0.15, 0.2) is 61.2 Å². The molecule has 0 aliphatic carbocycles. The molecule has 1 amide bonds. The highest BCUT2D eigenvalue weighted by molar-refractivity contribution is 7.22. The average molecular weight is 499 g/mol. The number of morpholine rings is 1. The fourth-order valence-corrected chi connectivity index (χ4v) is 5.27. The molecule has 1 saturated heterocycles. The molecule has 0 spiro atoms. The molecule has 2 aromatic heterocycles. The van der Waals surface area contributed by atoms with E-state index in [0.717, 1.165) is 50.7 Å². The van der Waals surface area contributed by atoms with Crippen LogP contribution in [0.1, 0.15) is 11.1 Å². The lowest BCUT2D eigenvalue weighted by Crippen LogP contribution is -2.36. The van der Waals surface area contributed by atoms with E-state index in [4.69, 9.17) is 25.8 Å². The predicted molar refractivity (Wildman–Crippen MR) is 146 cm³/mol. The van der Waals surface area contributed by atoms with Crippen molar-refractivity contribution in [2.45, 2.75) is 6.54 Å². The second-order valence-electron chi connectivity index (χ2n) is 8.37. The van der Waals surface area contributed by atoms with E-state index in [9.17, 15) is 4.79 Å². The maximum atomic E-state index is 11.5. The number of nitrogens with two attached hydrogens (primary N) is 1. The summed E-state index contributed by atoms with van der Waals surface area (Å²) in [6.45, 7) is 6.71. The van der Waals surface area contributed by atoms with Crippen LogP contribution >= 0.6 is 11.3 Å². The molecule has 3 heterocycles. The van der Waals surface area contributed by atoms with Crippen molar-refractivity contribution in [1.29, 1.82) is 5.41 Å². The molecule has 1 fully saturated rings. The first-order chi connectivity index (χ1) is 17.6. The molecule has 0 saturated carbocycles. The molecule has 182 valence electrons. The summed E-state index contributed by atoms with van der Waals surface area (Å²) in [6, 6.07) is 15.7. The summed E-state index contributed by atoms with van der Waals surface area (Å²) in [5, 5.41) is 10.7. The van der Waals surface area contributed by atoms with Gasteiger partial charge >= 0.3 is 0 Å². The number of aromatic nitrogens is 2. The molecule has 0 radical (unpaired) electrons. The summed E-state index contributed by atoms with van der Waals surface area (Å²) in [5.74, 6) is 1.23. The van der Waals surface area contributed by atoms with Crippen molar-refractivity contribution in [1.82, 2.24) is 15.3 Å². The molecule has 0 atom stereocenters. The first kappa shape index (κ1) is 23.7. The number of benzene rings is 2. The van der Waals surface area contributed by atoms with Gasteiger partial charge in [0, 0.05) is 47.5 Å². The van der Waals surface area contributed by atoms with E-state index in [-0.39, 0.29) is 5.91 Å². The Morgan fingerprint density at radius 2 is 1.97 bits per heavy atom. The first-order valence-corrected chi connectivity index (χ1v) is 12.4. The molecule has 4 N–H and O–H groups in total. The van der Waals surface area contributed by atoms with Crippen LogP contribution < -0.4 is 16.0 Å². The molecule has 9 heteroatoms. The minimum absolute atomic E-state index is 0.194. The lowest BCUT2D eigenvalue weighted by atomic mass is 10.1. The van der Waals surface area contributed by atoms with Crippen LogP contribution in [-0.4, -0.2) is 48.4 Å². The second kappa shape index (κ2) is 10.3. The Bertz CT molecular complexity index is 1440. The van der Waals surface area contributed by atoms with Gasteiger partial charge in [-0.2, -0.15) is 0 Å². The first-order valence-electron chi connectivity index (χ1n) is 11.6. The monoisotopic (exact) mass is 498 g/mol. The second-order valence-corrected chi connectivity index (χ2v) is 9.42. The maximum Gasteiger partial charge on any atom is 0.243 e. The summed E-state index contributed by atoms with van der Waals surface area (Å²) in [4.78, 5) is 24.6. The van der Waals surface area contributed by atoms with Crippen molar-refractivity contribution in [3.63, 3.8) is 0 Å². The summed E-state index contributed by atoms with van der Waals surface area (Å²) in [5.41, 5.74) is 10.9. The number of ether oxygens (including phenoxy) is 1. The number of nitrogens with zero attached hydrogens (tertiary/aromatic N) is 3. The predicted octanol–water partition coefficient (Wildman–Crippen LogP) is 4.24. The Morgan fingerprint density at radius 3 is 2.69 bits per heavy atom. The lowest BCUT2D eigenvalue weighted by Gasteiger charge is -2.28. The topological polar surface area (TPSA) is 117 Å². The fourth-order valence-electron chi connectivity index (χ4n) is 4.15. The number of carbonyl (C=O) groups excluding carboxylic acids is 1. The van der Waals surface area contributed by atoms with Crippen molar-refractivity contribution < 1.29 is 9.53 Å². The van der Waals surface area contributed by atoms with E-state index in [0.29, 0.717) is 36.8 Å². The number of rotatable bonds is 7. The van der Waals surface area contributed by atoms with Gasteiger partial charge in [-0.25, -0.2) is 9.97 Å². The SMILES string of the molecule is C=CC(=O)NCc1ccc(-c2cc3nc(-c4cccc(N)c4C=N)nc(N4CCOCC4)c3s2)cc1.